The lowest BCUT2D eigenvalue weighted by Crippen LogP contribution is -2.38. The largest absolute Gasteiger partial charge is 0.482 e. The van der Waals surface area contributed by atoms with Gasteiger partial charge >= 0.3 is 0 Å². The lowest BCUT2D eigenvalue weighted by atomic mass is 10.1. The first-order chi connectivity index (χ1) is 14.7. The van der Waals surface area contributed by atoms with E-state index >= 15 is 0 Å². The number of aryl methyl sites for hydroxylation is 3. The Hall–Kier alpha value is -3.40. The van der Waals surface area contributed by atoms with E-state index < -0.39 is 10.0 Å². The van der Waals surface area contributed by atoms with Crippen LogP contribution in [-0.2, 0) is 21.4 Å². The first-order valence-electron chi connectivity index (χ1n) is 9.62. The highest BCUT2D eigenvalue weighted by Crippen LogP contribution is 2.37. The molecule has 31 heavy (non-hydrogen) atoms. The molecule has 1 aliphatic heterocycles. The number of fused-ring (bicyclic) bond motifs is 1. The van der Waals surface area contributed by atoms with Crippen molar-refractivity contribution in [3.63, 3.8) is 0 Å². The van der Waals surface area contributed by atoms with Gasteiger partial charge in [0.15, 0.2) is 12.4 Å². The summed E-state index contributed by atoms with van der Waals surface area (Å²) in [4.78, 5) is 18.1. The number of nitrogens with one attached hydrogen (secondary N) is 1. The molecule has 162 valence electrons. The Morgan fingerprint density at radius 1 is 1.13 bits per heavy atom. The summed E-state index contributed by atoms with van der Waals surface area (Å²) in [7, 11) is -3.88. The molecule has 2 heterocycles. The van der Waals surface area contributed by atoms with Crippen LogP contribution < -0.4 is 14.4 Å². The minimum atomic E-state index is -3.88. The zero-order valence-electron chi connectivity index (χ0n) is 17.6. The van der Waals surface area contributed by atoms with Crippen LogP contribution in [0.2, 0.25) is 0 Å². The van der Waals surface area contributed by atoms with Crippen molar-refractivity contribution in [2.75, 3.05) is 16.2 Å². The third-order valence-corrected chi connectivity index (χ3v) is 6.71. The predicted octanol–water partition coefficient (Wildman–Crippen LogP) is 3.03. The van der Waals surface area contributed by atoms with Crippen LogP contribution in [0.25, 0.3) is 0 Å². The van der Waals surface area contributed by atoms with Gasteiger partial charge in [-0.2, -0.15) is 4.98 Å². The Morgan fingerprint density at radius 3 is 2.61 bits per heavy atom. The summed E-state index contributed by atoms with van der Waals surface area (Å²) in [5.74, 6) is 0.765. The van der Waals surface area contributed by atoms with Crippen LogP contribution in [0.1, 0.15) is 28.4 Å². The van der Waals surface area contributed by atoms with Gasteiger partial charge in [-0.05, 0) is 49.6 Å². The Balaban J connectivity index is 1.70. The minimum Gasteiger partial charge on any atom is -0.482 e. The van der Waals surface area contributed by atoms with Crippen LogP contribution in [0.3, 0.4) is 0 Å². The molecule has 2 aromatic carbocycles. The van der Waals surface area contributed by atoms with E-state index in [1.165, 1.54) is 11.0 Å². The van der Waals surface area contributed by atoms with E-state index in [-0.39, 0.29) is 24.0 Å². The summed E-state index contributed by atoms with van der Waals surface area (Å²) >= 11 is 0. The summed E-state index contributed by atoms with van der Waals surface area (Å²) in [6.07, 6.45) is 0. The zero-order valence-corrected chi connectivity index (χ0v) is 18.4. The normalized spacial score (nSPS) is 13.7. The van der Waals surface area contributed by atoms with Gasteiger partial charge in [-0.3, -0.25) is 14.4 Å². The monoisotopic (exact) mass is 442 g/mol. The first-order valence-corrected chi connectivity index (χ1v) is 11.1. The predicted molar refractivity (Wildman–Crippen MR) is 114 cm³/mol. The highest BCUT2D eigenvalue weighted by Gasteiger charge is 2.30. The molecule has 9 nitrogen and oxygen atoms in total. The molecular formula is C21H22N4O5S. The van der Waals surface area contributed by atoms with Gasteiger partial charge in [-0.25, -0.2) is 8.42 Å². The van der Waals surface area contributed by atoms with Gasteiger partial charge in [0.05, 0.1) is 22.8 Å². The average molecular weight is 442 g/mol. The molecule has 0 saturated carbocycles. The fourth-order valence-electron chi connectivity index (χ4n) is 3.40. The molecule has 0 spiro atoms. The number of anilines is 2. The number of sulfonamides is 1. The molecule has 1 amide bonds. The van der Waals surface area contributed by atoms with Gasteiger partial charge in [0.2, 0.25) is 5.89 Å². The van der Waals surface area contributed by atoms with E-state index in [0.717, 1.165) is 11.1 Å². The summed E-state index contributed by atoms with van der Waals surface area (Å²) < 4.78 is 39.4. The molecule has 1 aromatic heterocycles. The van der Waals surface area contributed by atoms with Crippen LogP contribution in [-0.4, -0.2) is 31.1 Å². The van der Waals surface area contributed by atoms with Gasteiger partial charge in [0, 0.05) is 13.0 Å². The molecule has 0 saturated heterocycles. The quantitative estimate of drug-likeness (QED) is 0.646. The number of ether oxygens (including phenoxy) is 1. The third kappa shape index (κ3) is 3.98. The number of carbonyl (C=O) groups excluding carboxylic acids is 1. The van der Waals surface area contributed by atoms with Crippen LogP contribution in [0.5, 0.6) is 5.75 Å². The van der Waals surface area contributed by atoms with E-state index in [1.807, 2.05) is 19.9 Å². The van der Waals surface area contributed by atoms with Crippen molar-refractivity contribution >= 4 is 27.3 Å². The SMILES string of the molecule is Cc1nc(CN2C(=O)COc3cc(S(=O)(=O)Nc4cccc(C)c4C)c(C)cc32)no1. The van der Waals surface area contributed by atoms with E-state index in [1.54, 1.807) is 32.0 Å². The second kappa shape index (κ2) is 7.69. The molecule has 0 unspecified atom stereocenters. The molecule has 0 atom stereocenters. The molecule has 10 heteroatoms. The molecule has 0 fully saturated rings. The summed E-state index contributed by atoms with van der Waals surface area (Å²) in [6, 6.07) is 8.50. The van der Waals surface area contributed by atoms with Gasteiger partial charge in [0.1, 0.15) is 5.75 Å². The number of amides is 1. The maximum absolute atomic E-state index is 13.1. The number of rotatable bonds is 5. The number of carbonyl (C=O) groups is 1. The number of benzene rings is 2. The summed E-state index contributed by atoms with van der Waals surface area (Å²) in [5, 5.41) is 3.83. The number of aromatic nitrogens is 2. The maximum atomic E-state index is 13.1. The van der Waals surface area contributed by atoms with Gasteiger partial charge < -0.3 is 9.26 Å². The fraction of sp³-hybridized carbons (Fsp3) is 0.286. The van der Waals surface area contributed by atoms with E-state index in [9.17, 15) is 13.2 Å². The van der Waals surface area contributed by atoms with E-state index in [2.05, 4.69) is 14.9 Å². The van der Waals surface area contributed by atoms with Crippen LogP contribution in [0.4, 0.5) is 11.4 Å². The second-order valence-corrected chi connectivity index (χ2v) is 9.09. The van der Waals surface area contributed by atoms with Crippen LogP contribution in [0.15, 0.2) is 39.8 Å². The molecule has 0 radical (unpaired) electrons. The van der Waals surface area contributed by atoms with Gasteiger partial charge in [-0.1, -0.05) is 17.3 Å². The molecule has 0 aliphatic carbocycles. The fourth-order valence-corrected chi connectivity index (χ4v) is 4.77. The zero-order chi connectivity index (χ0) is 22.3. The second-order valence-electron chi connectivity index (χ2n) is 7.44. The topological polar surface area (TPSA) is 115 Å². The lowest BCUT2D eigenvalue weighted by molar-refractivity contribution is -0.121. The number of hydrogen-bond donors (Lipinski definition) is 1. The van der Waals surface area contributed by atoms with Crippen molar-refractivity contribution in [3.05, 3.63) is 58.7 Å². The smallest absolute Gasteiger partial charge is 0.265 e. The molecule has 3 aromatic rings. The van der Waals surface area contributed by atoms with Crippen molar-refractivity contribution < 1.29 is 22.5 Å². The Bertz CT molecular complexity index is 1280. The van der Waals surface area contributed by atoms with Gasteiger partial charge in [0.25, 0.3) is 15.9 Å². The number of nitrogens with zero attached hydrogens (tertiary/aromatic N) is 3. The van der Waals surface area contributed by atoms with Crippen LogP contribution in [0, 0.1) is 27.7 Å². The van der Waals surface area contributed by atoms with E-state index in [4.69, 9.17) is 9.26 Å². The number of hydrogen-bond acceptors (Lipinski definition) is 7. The minimum absolute atomic E-state index is 0.0804. The molecule has 1 aliphatic rings. The Kier molecular flexibility index (Phi) is 5.18. The molecule has 0 bridgehead atoms. The lowest BCUT2D eigenvalue weighted by Gasteiger charge is -2.29. The average Bonchev–Trinajstić information content (AvgIpc) is 3.12. The molecular weight excluding hydrogens is 420 g/mol. The van der Waals surface area contributed by atoms with Crippen molar-refractivity contribution in [2.45, 2.75) is 39.1 Å². The molecule has 4 rings (SSSR count). The van der Waals surface area contributed by atoms with Crippen LogP contribution >= 0.6 is 0 Å². The standard InChI is InChI=1S/C21H22N4O5S/c1-12-6-5-7-16(14(12)3)24-31(27,28)19-9-18-17(8-13(19)2)25(21(26)11-29-18)10-20-22-15(4)30-23-20/h5-9,24H,10-11H2,1-4H3. The highest BCUT2D eigenvalue weighted by molar-refractivity contribution is 7.92. The molecule has 1 N–H and O–H groups in total. The van der Waals surface area contributed by atoms with Crippen molar-refractivity contribution in [2.24, 2.45) is 0 Å². The van der Waals surface area contributed by atoms with Crippen molar-refractivity contribution in [1.82, 2.24) is 10.1 Å². The van der Waals surface area contributed by atoms with E-state index in [0.29, 0.717) is 34.4 Å². The third-order valence-electron chi connectivity index (χ3n) is 5.21. The Labute approximate surface area is 180 Å². The first kappa shape index (κ1) is 20.9. The summed E-state index contributed by atoms with van der Waals surface area (Å²) in [6.45, 7) is 7.00. The summed E-state index contributed by atoms with van der Waals surface area (Å²) in [5.41, 5.74) is 3.29. The Morgan fingerprint density at radius 2 is 1.90 bits per heavy atom. The van der Waals surface area contributed by atoms with Crippen molar-refractivity contribution in [3.8, 4) is 5.75 Å². The van der Waals surface area contributed by atoms with Crippen molar-refractivity contribution in [1.29, 1.82) is 0 Å². The highest BCUT2D eigenvalue weighted by atomic mass is 32.2. The maximum Gasteiger partial charge on any atom is 0.265 e. The van der Waals surface area contributed by atoms with Gasteiger partial charge in [-0.15, -0.1) is 0 Å².